The lowest BCUT2D eigenvalue weighted by Crippen LogP contribution is -2.34. The first-order chi connectivity index (χ1) is 13.7. The molecule has 3 aromatic rings. The summed E-state index contributed by atoms with van der Waals surface area (Å²) >= 11 is 0. The first-order valence-corrected chi connectivity index (χ1v) is 9.65. The van der Waals surface area contributed by atoms with Crippen LogP contribution in [0.4, 0.5) is 5.69 Å². The van der Waals surface area contributed by atoms with Gasteiger partial charge in [-0.2, -0.15) is 5.10 Å². The van der Waals surface area contributed by atoms with Gasteiger partial charge in [0.1, 0.15) is 0 Å². The quantitative estimate of drug-likeness (QED) is 0.433. The van der Waals surface area contributed by atoms with Crippen molar-refractivity contribution in [2.45, 2.75) is 32.7 Å². The van der Waals surface area contributed by atoms with E-state index >= 15 is 0 Å². The molecule has 3 rings (SSSR count). The molecule has 0 saturated heterocycles. The smallest absolute Gasteiger partial charge is 0.279 e. The Morgan fingerprint density at radius 2 is 1.75 bits per heavy atom. The van der Waals surface area contributed by atoms with E-state index in [2.05, 4.69) is 18.6 Å². The molecule has 0 aliphatic heterocycles. The van der Waals surface area contributed by atoms with Crippen LogP contribution >= 0.6 is 0 Å². The summed E-state index contributed by atoms with van der Waals surface area (Å²) in [6.07, 6.45) is 4.60. The van der Waals surface area contributed by atoms with E-state index in [1.807, 2.05) is 42.5 Å². The fraction of sp³-hybridized carbons (Fsp3) is 0.261. The van der Waals surface area contributed by atoms with Gasteiger partial charge in [0.15, 0.2) is 5.69 Å². The normalized spacial score (nSPS) is 10.8. The van der Waals surface area contributed by atoms with Crippen molar-refractivity contribution in [2.75, 3.05) is 11.4 Å². The van der Waals surface area contributed by atoms with Gasteiger partial charge in [-0.3, -0.25) is 9.59 Å². The minimum absolute atomic E-state index is 0.154. The Morgan fingerprint density at radius 1 is 1.07 bits per heavy atom. The highest BCUT2D eigenvalue weighted by atomic mass is 16.2. The fourth-order valence-corrected chi connectivity index (χ4v) is 3.23. The topological polar surface area (TPSA) is 55.2 Å². The molecule has 0 aliphatic carbocycles. The molecule has 0 saturated carbocycles. The maximum Gasteiger partial charge on any atom is 0.279 e. The van der Waals surface area contributed by atoms with Crippen molar-refractivity contribution in [3.05, 3.63) is 83.3 Å². The van der Waals surface area contributed by atoms with Crippen molar-refractivity contribution >= 4 is 22.4 Å². The summed E-state index contributed by atoms with van der Waals surface area (Å²) < 4.78 is 1.43. The molecular weight excluding hydrogens is 350 g/mol. The lowest BCUT2D eigenvalue weighted by molar-refractivity contribution is 0.0984. The van der Waals surface area contributed by atoms with Crippen LogP contribution < -0.4 is 10.5 Å². The van der Waals surface area contributed by atoms with Gasteiger partial charge in [0, 0.05) is 24.2 Å². The zero-order chi connectivity index (χ0) is 19.9. The molecule has 144 valence electrons. The molecule has 5 nitrogen and oxygen atoms in total. The summed E-state index contributed by atoms with van der Waals surface area (Å²) in [5, 5.41) is 5.58. The van der Waals surface area contributed by atoms with Crippen LogP contribution in [-0.2, 0) is 6.54 Å². The minimum atomic E-state index is -0.244. The molecule has 2 aromatic carbocycles. The van der Waals surface area contributed by atoms with Gasteiger partial charge in [-0.15, -0.1) is 6.58 Å². The second-order valence-corrected chi connectivity index (χ2v) is 6.67. The van der Waals surface area contributed by atoms with Crippen molar-refractivity contribution in [1.82, 2.24) is 9.78 Å². The first-order valence-electron chi connectivity index (χ1n) is 9.65. The summed E-state index contributed by atoms with van der Waals surface area (Å²) in [5.74, 6) is -0.244. The molecule has 1 amide bonds. The second-order valence-electron chi connectivity index (χ2n) is 6.67. The number of hydrogen-bond donors (Lipinski definition) is 0. The van der Waals surface area contributed by atoms with Crippen LogP contribution in [0.2, 0.25) is 0 Å². The third-order valence-corrected chi connectivity index (χ3v) is 4.67. The van der Waals surface area contributed by atoms with Crippen LogP contribution in [0.15, 0.2) is 72.0 Å². The van der Waals surface area contributed by atoms with Gasteiger partial charge in [-0.25, -0.2) is 4.68 Å². The molecule has 0 aliphatic rings. The zero-order valence-electron chi connectivity index (χ0n) is 16.2. The highest BCUT2D eigenvalue weighted by Crippen LogP contribution is 2.20. The summed E-state index contributed by atoms with van der Waals surface area (Å²) in [6, 6.07) is 16.6. The van der Waals surface area contributed by atoms with E-state index in [4.69, 9.17) is 0 Å². The SMILES string of the molecule is C=CCN(C(=O)c1nn(CCCCC)c(=O)c2ccccc12)c1ccccc1. The van der Waals surface area contributed by atoms with Crippen LogP contribution in [0, 0.1) is 0 Å². The number of unbranched alkanes of at least 4 members (excludes halogenated alkanes) is 2. The van der Waals surface area contributed by atoms with Crippen LogP contribution in [0.1, 0.15) is 36.7 Å². The number of benzene rings is 2. The van der Waals surface area contributed by atoms with Gasteiger partial charge in [0.2, 0.25) is 0 Å². The van der Waals surface area contributed by atoms with Gasteiger partial charge in [0.05, 0.1) is 5.39 Å². The van der Waals surface area contributed by atoms with Crippen molar-refractivity contribution in [3.8, 4) is 0 Å². The number of nitrogens with zero attached hydrogens (tertiary/aromatic N) is 3. The van der Waals surface area contributed by atoms with E-state index in [0.29, 0.717) is 23.9 Å². The van der Waals surface area contributed by atoms with E-state index in [9.17, 15) is 9.59 Å². The van der Waals surface area contributed by atoms with E-state index in [-0.39, 0.29) is 17.2 Å². The van der Waals surface area contributed by atoms with E-state index in [0.717, 1.165) is 24.9 Å². The Bertz CT molecular complexity index is 1020. The van der Waals surface area contributed by atoms with Gasteiger partial charge < -0.3 is 4.90 Å². The van der Waals surface area contributed by atoms with Gasteiger partial charge in [0.25, 0.3) is 11.5 Å². The number of hydrogen-bond acceptors (Lipinski definition) is 3. The Balaban J connectivity index is 2.11. The highest BCUT2D eigenvalue weighted by Gasteiger charge is 2.22. The zero-order valence-corrected chi connectivity index (χ0v) is 16.2. The molecule has 0 unspecified atom stereocenters. The molecule has 1 heterocycles. The van der Waals surface area contributed by atoms with Crippen LogP contribution in [0.25, 0.3) is 10.8 Å². The third kappa shape index (κ3) is 4.03. The molecule has 0 N–H and O–H groups in total. The number of carbonyl (C=O) groups excluding carboxylic acids is 1. The number of rotatable bonds is 8. The second kappa shape index (κ2) is 9.13. The predicted octanol–water partition coefficient (Wildman–Crippen LogP) is 4.42. The monoisotopic (exact) mass is 375 g/mol. The molecule has 0 spiro atoms. The molecule has 0 radical (unpaired) electrons. The van der Waals surface area contributed by atoms with Crippen molar-refractivity contribution in [1.29, 1.82) is 0 Å². The Labute approximate surface area is 164 Å². The van der Waals surface area contributed by atoms with Gasteiger partial charge in [-0.05, 0) is 24.6 Å². The number of anilines is 1. The summed E-state index contributed by atoms with van der Waals surface area (Å²) in [5.41, 5.74) is 0.901. The molecule has 0 bridgehead atoms. The van der Waals surface area contributed by atoms with Crippen LogP contribution in [0.5, 0.6) is 0 Å². The Morgan fingerprint density at radius 3 is 2.43 bits per heavy atom. The Kier molecular flexibility index (Phi) is 6.37. The number of aryl methyl sites for hydroxylation is 1. The molecule has 0 fully saturated rings. The van der Waals surface area contributed by atoms with Crippen molar-refractivity contribution in [2.24, 2.45) is 0 Å². The van der Waals surface area contributed by atoms with Crippen LogP contribution in [-0.4, -0.2) is 22.2 Å². The fourth-order valence-electron chi connectivity index (χ4n) is 3.23. The molecule has 1 aromatic heterocycles. The van der Waals surface area contributed by atoms with E-state index < -0.39 is 0 Å². The lowest BCUT2D eigenvalue weighted by atomic mass is 10.1. The number of para-hydroxylation sites is 1. The maximum atomic E-state index is 13.4. The molecule has 0 atom stereocenters. The standard InChI is InChI=1S/C23H25N3O2/c1-3-5-11-17-26-22(27)20-15-10-9-14-19(20)21(24-26)23(28)25(16-4-2)18-12-7-6-8-13-18/h4,6-10,12-15H,2-3,5,11,16-17H2,1H3. The van der Waals surface area contributed by atoms with E-state index in [1.54, 1.807) is 23.1 Å². The van der Waals surface area contributed by atoms with Gasteiger partial charge >= 0.3 is 0 Å². The average Bonchev–Trinajstić information content (AvgIpc) is 2.74. The maximum absolute atomic E-state index is 13.4. The number of fused-ring (bicyclic) bond motifs is 1. The van der Waals surface area contributed by atoms with E-state index in [1.165, 1.54) is 4.68 Å². The lowest BCUT2D eigenvalue weighted by Gasteiger charge is -2.22. The minimum Gasteiger partial charge on any atom is -0.303 e. The number of carbonyl (C=O) groups is 1. The molecular formula is C23H25N3O2. The Hall–Kier alpha value is -3.21. The summed E-state index contributed by atoms with van der Waals surface area (Å²) in [7, 11) is 0. The third-order valence-electron chi connectivity index (χ3n) is 4.67. The number of aromatic nitrogens is 2. The summed E-state index contributed by atoms with van der Waals surface area (Å²) in [4.78, 5) is 27.9. The average molecular weight is 375 g/mol. The number of amides is 1. The largest absolute Gasteiger partial charge is 0.303 e. The van der Waals surface area contributed by atoms with Crippen LogP contribution in [0.3, 0.4) is 0 Å². The molecule has 28 heavy (non-hydrogen) atoms. The first kappa shape index (κ1) is 19.5. The van der Waals surface area contributed by atoms with Crippen molar-refractivity contribution in [3.63, 3.8) is 0 Å². The predicted molar refractivity (Wildman–Crippen MR) is 114 cm³/mol. The van der Waals surface area contributed by atoms with Gasteiger partial charge in [-0.1, -0.05) is 62.2 Å². The highest BCUT2D eigenvalue weighted by molar-refractivity contribution is 6.12. The molecule has 5 heteroatoms. The van der Waals surface area contributed by atoms with Crippen molar-refractivity contribution < 1.29 is 4.79 Å². The summed E-state index contributed by atoms with van der Waals surface area (Å²) in [6.45, 7) is 6.75.